The van der Waals surface area contributed by atoms with E-state index in [1.807, 2.05) is 29.2 Å². The summed E-state index contributed by atoms with van der Waals surface area (Å²) < 4.78 is 0. The van der Waals surface area contributed by atoms with Crippen LogP contribution in [-0.2, 0) is 16.1 Å². The predicted octanol–water partition coefficient (Wildman–Crippen LogP) is 1.91. The number of amides is 2. The number of nitrogens with one attached hydrogen (secondary N) is 1. The van der Waals surface area contributed by atoms with Crippen LogP contribution >= 0.6 is 12.4 Å². The van der Waals surface area contributed by atoms with Gasteiger partial charge in [0.2, 0.25) is 11.8 Å². The molecule has 0 bridgehead atoms. The van der Waals surface area contributed by atoms with E-state index in [1.165, 1.54) is 0 Å². The molecule has 5 nitrogen and oxygen atoms in total. The van der Waals surface area contributed by atoms with Gasteiger partial charge in [-0.2, -0.15) is 0 Å². The molecule has 21 heavy (non-hydrogen) atoms. The van der Waals surface area contributed by atoms with Crippen molar-refractivity contribution in [3.63, 3.8) is 0 Å². The van der Waals surface area contributed by atoms with Crippen molar-refractivity contribution in [3.8, 4) is 0 Å². The summed E-state index contributed by atoms with van der Waals surface area (Å²) in [6.45, 7) is 4.79. The fourth-order valence-corrected chi connectivity index (χ4v) is 2.08. The number of benzene rings is 1. The van der Waals surface area contributed by atoms with Gasteiger partial charge in [-0.1, -0.05) is 12.1 Å². The van der Waals surface area contributed by atoms with Gasteiger partial charge in [0, 0.05) is 25.2 Å². The molecule has 6 heteroatoms. The molecule has 3 N–H and O–H groups in total. The fourth-order valence-electron chi connectivity index (χ4n) is 2.08. The molecule has 1 aliphatic heterocycles. The van der Waals surface area contributed by atoms with Gasteiger partial charge in [-0.15, -0.1) is 12.4 Å². The summed E-state index contributed by atoms with van der Waals surface area (Å²) >= 11 is 0. The first kappa shape index (κ1) is 17.5. The van der Waals surface area contributed by atoms with E-state index < -0.39 is 5.54 Å². The maximum Gasteiger partial charge on any atom is 0.243 e. The molecule has 0 radical (unpaired) electrons. The van der Waals surface area contributed by atoms with E-state index in [0.29, 0.717) is 18.7 Å². The lowest BCUT2D eigenvalue weighted by Gasteiger charge is -2.18. The van der Waals surface area contributed by atoms with E-state index >= 15 is 0 Å². The van der Waals surface area contributed by atoms with Crippen molar-refractivity contribution < 1.29 is 9.59 Å². The molecule has 1 aliphatic rings. The molecule has 0 aromatic heterocycles. The topological polar surface area (TPSA) is 75.4 Å². The molecular formula is C15H22ClN3O2. The lowest BCUT2D eigenvalue weighted by molar-refractivity contribution is -0.128. The first-order chi connectivity index (χ1) is 9.36. The Balaban J connectivity index is 0.00000220. The van der Waals surface area contributed by atoms with Gasteiger partial charge in [0.05, 0.1) is 5.54 Å². The van der Waals surface area contributed by atoms with Crippen LogP contribution < -0.4 is 11.1 Å². The first-order valence-corrected chi connectivity index (χ1v) is 6.83. The standard InChI is InChI=1S/C15H21N3O2.ClH/c1-15(2,16)14(20)17-12-7-5-11(6-8-12)10-18-9-3-4-13(18)19;/h5-8H,3-4,9-10,16H2,1-2H3,(H,17,20);1H. The van der Waals surface area contributed by atoms with Crippen molar-refractivity contribution in [1.82, 2.24) is 4.90 Å². The van der Waals surface area contributed by atoms with Gasteiger partial charge in [0.15, 0.2) is 0 Å². The van der Waals surface area contributed by atoms with Crippen LogP contribution in [0.2, 0.25) is 0 Å². The Morgan fingerprint density at radius 1 is 1.33 bits per heavy atom. The van der Waals surface area contributed by atoms with Crippen LogP contribution in [0.4, 0.5) is 5.69 Å². The lowest BCUT2D eigenvalue weighted by Crippen LogP contribution is -2.45. The van der Waals surface area contributed by atoms with Crippen molar-refractivity contribution in [3.05, 3.63) is 29.8 Å². The number of hydrogen-bond donors (Lipinski definition) is 2. The largest absolute Gasteiger partial charge is 0.338 e. The summed E-state index contributed by atoms with van der Waals surface area (Å²) in [6.07, 6.45) is 1.60. The third-order valence-corrected chi connectivity index (χ3v) is 3.34. The molecule has 1 heterocycles. The molecule has 2 amide bonds. The van der Waals surface area contributed by atoms with Gasteiger partial charge in [-0.3, -0.25) is 9.59 Å². The smallest absolute Gasteiger partial charge is 0.243 e. The SMILES string of the molecule is CC(C)(N)C(=O)Nc1ccc(CN2CCCC2=O)cc1.Cl. The van der Waals surface area contributed by atoms with E-state index in [4.69, 9.17) is 5.73 Å². The molecule has 116 valence electrons. The Kier molecular flexibility index (Phi) is 5.75. The summed E-state index contributed by atoms with van der Waals surface area (Å²) in [6, 6.07) is 7.51. The van der Waals surface area contributed by atoms with Crippen LogP contribution in [0.15, 0.2) is 24.3 Å². The highest BCUT2D eigenvalue weighted by Gasteiger charge is 2.22. The number of nitrogens with two attached hydrogens (primary N) is 1. The zero-order chi connectivity index (χ0) is 14.8. The molecule has 0 aliphatic carbocycles. The minimum atomic E-state index is -0.902. The molecule has 1 fully saturated rings. The van der Waals surface area contributed by atoms with Gasteiger partial charge in [0.25, 0.3) is 0 Å². The highest BCUT2D eigenvalue weighted by Crippen LogP contribution is 2.16. The number of carbonyl (C=O) groups excluding carboxylic acids is 2. The third kappa shape index (κ3) is 4.72. The number of carbonyl (C=O) groups is 2. The maximum atomic E-state index is 11.8. The molecule has 1 saturated heterocycles. The lowest BCUT2D eigenvalue weighted by atomic mass is 10.1. The summed E-state index contributed by atoms with van der Waals surface area (Å²) in [5.41, 5.74) is 6.60. The molecule has 2 rings (SSSR count). The zero-order valence-electron chi connectivity index (χ0n) is 12.4. The van der Waals surface area contributed by atoms with E-state index in [0.717, 1.165) is 18.5 Å². The molecule has 0 spiro atoms. The summed E-state index contributed by atoms with van der Waals surface area (Å²) in [5, 5.41) is 2.77. The van der Waals surface area contributed by atoms with Crippen molar-refractivity contribution in [2.24, 2.45) is 5.73 Å². The average molecular weight is 312 g/mol. The number of halogens is 1. The van der Waals surface area contributed by atoms with Crippen LogP contribution in [0.1, 0.15) is 32.3 Å². The molecule has 0 unspecified atom stereocenters. The first-order valence-electron chi connectivity index (χ1n) is 6.83. The third-order valence-electron chi connectivity index (χ3n) is 3.34. The predicted molar refractivity (Wildman–Crippen MR) is 85.2 cm³/mol. The molecule has 0 saturated carbocycles. The highest BCUT2D eigenvalue weighted by atomic mass is 35.5. The van der Waals surface area contributed by atoms with Crippen LogP contribution in [0.25, 0.3) is 0 Å². The van der Waals surface area contributed by atoms with Crippen molar-refractivity contribution in [2.45, 2.75) is 38.8 Å². The maximum absolute atomic E-state index is 11.8. The van der Waals surface area contributed by atoms with Crippen LogP contribution in [0.3, 0.4) is 0 Å². The average Bonchev–Trinajstić information content (AvgIpc) is 2.76. The quantitative estimate of drug-likeness (QED) is 0.892. The minimum absolute atomic E-state index is 0. The van der Waals surface area contributed by atoms with Gasteiger partial charge >= 0.3 is 0 Å². The summed E-state index contributed by atoms with van der Waals surface area (Å²) in [7, 11) is 0. The summed E-state index contributed by atoms with van der Waals surface area (Å²) in [5.74, 6) is -0.00719. The Bertz CT molecular complexity index is 509. The Hall–Kier alpha value is -1.59. The van der Waals surface area contributed by atoms with E-state index in [1.54, 1.807) is 13.8 Å². The number of anilines is 1. The molecule has 1 aromatic rings. The monoisotopic (exact) mass is 311 g/mol. The minimum Gasteiger partial charge on any atom is -0.338 e. The number of likely N-dealkylation sites (tertiary alicyclic amines) is 1. The second kappa shape index (κ2) is 6.91. The van der Waals surface area contributed by atoms with Gasteiger partial charge < -0.3 is 16.0 Å². The normalized spacial score (nSPS) is 14.8. The molecule has 0 atom stereocenters. The number of hydrogen-bond acceptors (Lipinski definition) is 3. The van der Waals surface area contributed by atoms with Gasteiger partial charge in [-0.25, -0.2) is 0 Å². The van der Waals surface area contributed by atoms with E-state index in [2.05, 4.69) is 5.32 Å². The van der Waals surface area contributed by atoms with E-state index in [9.17, 15) is 9.59 Å². The van der Waals surface area contributed by atoms with E-state index in [-0.39, 0.29) is 24.2 Å². The Morgan fingerprint density at radius 3 is 2.43 bits per heavy atom. The number of nitrogens with zero attached hydrogens (tertiary/aromatic N) is 1. The highest BCUT2D eigenvalue weighted by molar-refractivity contribution is 5.97. The van der Waals surface area contributed by atoms with Crippen molar-refractivity contribution in [1.29, 1.82) is 0 Å². The van der Waals surface area contributed by atoms with Crippen LogP contribution in [-0.4, -0.2) is 28.8 Å². The van der Waals surface area contributed by atoms with Gasteiger partial charge in [0.1, 0.15) is 0 Å². The fraction of sp³-hybridized carbons (Fsp3) is 0.467. The van der Waals surface area contributed by atoms with Gasteiger partial charge in [-0.05, 0) is 38.0 Å². The Labute approximate surface area is 131 Å². The Morgan fingerprint density at radius 2 is 1.95 bits per heavy atom. The molecule has 1 aromatic carbocycles. The summed E-state index contributed by atoms with van der Waals surface area (Å²) in [4.78, 5) is 25.2. The van der Waals surface area contributed by atoms with Crippen molar-refractivity contribution >= 4 is 29.9 Å². The van der Waals surface area contributed by atoms with Crippen molar-refractivity contribution in [2.75, 3.05) is 11.9 Å². The zero-order valence-corrected chi connectivity index (χ0v) is 13.2. The van der Waals surface area contributed by atoms with Crippen LogP contribution in [0.5, 0.6) is 0 Å². The number of rotatable bonds is 4. The molecular weight excluding hydrogens is 290 g/mol. The van der Waals surface area contributed by atoms with Crippen LogP contribution in [0, 0.1) is 0 Å². The second-order valence-electron chi connectivity index (χ2n) is 5.79. The second-order valence-corrected chi connectivity index (χ2v) is 5.79.